The smallest absolute Gasteiger partial charge is 0.410 e. The quantitative estimate of drug-likeness (QED) is 0.673. The van der Waals surface area contributed by atoms with Crippen LogP contribution in [0.25, 0.3) is 0 Å². The zero-order valence-electron chi connectivity index (χ0n) is 15.3. The van der Waals surface area contributed by atoms with Gasteiger partial charge in [0.1, 0.15) is 18.1 Å². The van der Waals surface area contributed by atoms with Crippen LogP contribution in [0.5, 0.6) is 0 Å². The number of rotatable bonds is 4. The number of carbonyl (C=O) groups excluding carboxylic acids is 1. The molecule has 25 heavy (non-hydrogen) atoms. The summed E-state index contributed by atoms with van der Waals surface area (Å²) in [4.78, 5) is 18.3. The summed E-state index contributed by atoms with van der Waals surface area (Å²) in [5, 5.41) is 2.99. The van der Waals surface area contributed by atoms with E-state index >= 15 is 0 Å². The third-order valence-electron chi connectivity index (χ3n) is 4.25. The van der Waals surface area contributed by atoms with Gasteiger partial charge in [-0.3, -0.25) is 4.90 Å². The predicted octanol–water partition coefficient (Wildman–Crippen LogP) is 2.67. The molecule has 6 nitrogen and oxygen atoms in total. The number of nitrogens with zero attached hydrogens (tertiary/aromatic N) is 2. The summed E-state index contributed by atoms with van der Waals surface area (Å²) in [5.74, 6) is 6.89. The molecule has 1 aliphatic heterocycles. The topological polar surface area (TPSA) is 63.7 Å². The fraction of sp³-hybridized carbons (Fsp3) is 0.474. The Balaban J connectivity index is 2.06. The van der Waals surface area contributed by atoms with Gasteiger partial charge in [-0.2, -0.15) is 0 Å². The fourth-order valence-electron chi connectivity index (χ4n) is 2.69. The van der Waals surface area contributed by atoms with E-state index < -0.39 is 5.54 Å². The fourth-order valence-corrected chi connectivity index (χ4v) is 2.69. The molecule has 0 spiro atoms. The van der Waals surface area contributed by atoms with Gasteiger partial charge in [0.2, 0.25) is 0 Å². The maximum Gasteiger partial charge on any atom is 0.410 e. The van der Waals surface area contributed by atoms with Crippen LogP contribution in [0, 0.1) is 11.8 Å². The number of ether oxygens (including phenoxy) is 2. The van der Waals surface area contributed by atoms with Crippen LogP contribution in [0.4, 0.5) is 10.6 Å². The van der Waals surface area contributed by atoms with E-state index in [9.17, 15) is 4.79 Å². The highest BCUT2D eigenvalue weighted by Gasteiger charge is 2.40. The van der Waals surface area contributed by atoms with E-state index in [1.807, 2.05) is 45.2 Å². The second-order valence-corrected chi connectivity index (χ2v) is 6.16. The van der Waals surface area contributed by atoms with Gasteiger partial charge in [0.15, 0.2) is 0 Å². The minimum atomic E-state index is -0.418. The number of hydrogen-bond donors (Lipinski definition) is 1. The minimum absolute atomic E-state index is 0.258. The van der Waals surface area contributed by atoms with E-state index in [1.54, 1.807) is 12.0 Å². The summed E-state index contributed by atoms with van der Waals surface area (Å²) in [6.45, 7) is 5.29. The van der Waals surface area contributed by atoms with E-state index in [0.717, 1.165) is 17.8 Å². The maximum absolute atomic E-state index is 12.2. The second kappa shape index (κ2) is 8.54. The zero-order chi connectivity index (χ0) is 18.3. The molecule has 134 valence electrons. The van der Waals surface area contributed by atoms with E-state index in [0.29, 0.717) is 18.8 Å². The van der Waals surface area contributed by atoms with Crippen LogP contribution in [0.3, 0.4) is 0 Å². The van der Waals surface area contributed by atoms with Gasteiger partial charge in [0.05, 0.1) is 12.1 Å². The van der Waals surface area contributed by atoms with Gasteiger partial charge in [-0.15, -0.1) is 0 Å². The first kappa shape index (κ1) is 18.8. The number of hydrogen-bond acceptors (Lipinski definition) is 5. The number of carbonyl (C=O) groups is 1. The monoisotopic (exact) mass is 343 g/mol. The van der Waals surface area contributed by atoms with Gasteiger partial charge in [-0.25, -0.2) is 9.78 Å². The molecule has 1 N–H and O–H groups in total. The summed E-state index contributed by atoms with van der Waals surface area (Å²) in [6.07, 6.45) is 2.35. The number of pyridine rings is 1. The zero-order valence-corrected chi connectivity index (χ0v) is 15.3. The summed E-state index contributed by atoms with van der Waals surface area (Å²) in [5.41, 5.74) is 1.39. The van der Waals surface area contributed by atoms with Crippen molar-refractivity contribution in [1.82, 2.24) is 9.88 Å². The molecule has 0 aliphatic carbocycles. The van der Waals surface area contributed by atoms with Crippen molar-refractivity contribution in [2.75, 3.05) is 39.2 Å². The van der Waals surface area contributed by atoms with Crippen LogP contribution in [0.1, 0.15) is 26.0 Å². The first-order valence-electron chi connectivity index (χ1n) is 8.28. The van der Waals surface area contributed by atoms with Crippen molar-refractivity contribution in [3.05, 3.63) is 35.5 Å². The Morgan fingerprint density at radius 2 is 2.24 bits per heavy atom. The second-order valence-electron chi connectivity index (χ2n) is 6.16. The first-order valence-corrected chi connectivity index (χ1v) is 8.28. The Hall–Kier alpha value is -2.52. The number of methoxy groups -OCH3 is 1. The van der Waals surface area contributed by atoms with Crippen molar-refractivity contribution in [3.63, 3.8) is 0 Å². The third-order valence-corrected chi connectivity index (χ3v) is 4.25. The first-order chi connectivity index (χ1) is 12.0. The van der Waals surface area contributed by atoms with Crippen LogP contribution in [-0.4, -0.2) is 55.4 Å². The lowest BCUT2D eigenvalue weighted by atomic mass is 9.95. The predicted molar refractivity (Wildman–Crippen MR) is 97.4 cm³/mol. The molecule has 0 aromatic carbocycles. The molecule has 0 radical (unpaired) electrons. The molecule has 6 heteroatoms. The van der Waals surface area contributed by atoms with Crippen molar-refractivity contribution < 1.29 is 14.3 Å². The Kier molecular flexibility index (Phi) is 6.43. The molecule has 1 aromatic heterocycles. The number of amides is 1. The van der Waals surface area contributed by atoms with Gasteiger partial charge < -0.3 is 14.8 Å². The molecule has 2 rings (SSSR count). The summed E-state index contributed by atoms with van der Waals surface area (Å²) >= 11 is 0. The van der Waals surface area contributed by atoms with Crippen LogP contribution in [-0.2, 0) is 9.47 Å². The Labute approximate surface area is 149 Å². The molecular weight excluding hydrogens is 318 g/mol. The lowest BCUT2D eigenvalue weighted by molar-refractivity contribution is 0.0610. The maximum atomic E-state index is 12.2. The molecule has 0 bridgehead atoms. The average Bonchev–Trinajstić information content (AvgIpc) is 2.90. The van der Waals surface area contributed by atoms with E-state index in [1.165, 1.54) is 0 Å². The highest BCUT2D eigenvalue weighted by molar-refractivity contribution is 5.70. The normalized spacial score (nSPS) is 17.1. The van der Waals surface area contributed by atoms with Gasteiger partial charge >= 0.3 is 6.09 Å². The van der Waals surface area contributed by atoms with Crippen molar-refractivity contribution >= 4 is 11.9 Å². The molecular formula is C19H25N3O3. The van der Waals surface area contributed by atoms with Crippen molar-refractivity contribution in [2.24, 2.45) is 0 Å². The molecule has 1 aromatic rings. The molecule has 1 saturated heterocycles. The minimum Gasteiger partial charge on any atom is -0.447 e. The Morgan fingerprint density at radius 3 is 2.96 bits per heavy atom. The third kappa shape index (κ3) is 4.74. The number of nitrogens with one attached hydrogen (secondary N) is 1. The van der Waals surface area contributed by atoms with Crippen LogP contribution < -0.4 is 5.32 Å². The number of likely N-dealkylation sites (tertiary alicyclic amines) is 1. The van der Waals surface area contributed by atoms with E-state index in [-0.39, 0.29) is 12.7 Å². The average molecular weight is 343 g/mol. The summed E-state index contributed by atoms with van der Waals surface area (Å²) < 4.78 is 10.1. The van der Waals surface area contributed by atoms with Gasteiger partial charge in [0, 0.05) is 20.7 Å². The van der Waals surface area contributed by atoms with Crippen LogP contribution in [0.2, 0.25) is 0 Å². The molecule has 1 fully saturated rings. The van der Waals surface area contributed by atoms with Crippen LogP contribution in [0.15, 0.2) is 29.8 Å². The molecule has 0 atom stereocenters. The number of allylic oxidation sites excluding steroid dienone is 1. The van der Waals surface area contributed by atoms with E-state index in [2.05, 4.69) is 22.1 Å². The van der Waals surface area contributed by atoms with Crippen molar-refractivity contribution in [1.29, 1.82) is 0 Å². The van der Waals surface area contributed by atoms with Crippen molar-refractivity contribution in [2.45, 2.75) is 25.8 Å². The lowest BCUT2D eigenvalue weighted by Crippen LogP contribution is -2.44. The summed E-state index contributed by atoms with van der Waals surface area (Å²) in [7, 11) is 3.40. The Morgan fingerprint density at radius 1 is 1.44 bits per heavy atom. The van der Waals surface area contributed by atoms with Gasteiger partial charge in [0.25, 0.3) is 0 Å². The standard InChI is InChI=1S/C19H25N3O3/c1-19(2)15(11-12-22(19)18(23)25-14-13-24-4)7-5-8-16-9-6-10-17(20-3)21-16/h6-7,9-10H,11-14H2,1-4H3,(H,20,21)/b15-7+. The Bertz CT molecular complexity index is 701. The van der Waals surface area contributed by atoms with Gasteiger partial charge in [-0.1, -0.05) is 12.0 Å². The molecule has 1 aliphatic rings. The molecule has 0 saturated carbocycles. The van der Waals surface area contributed by atoms with Crippen LogP contribution >= 0.6 is 0 Å². The van der Waals surface area contributed by atoms with Gasteiger partial charge in [-0.05, 0) is 50.0 Å². The number of anilines is 1. The molecule has 0 unspecified atom stereocenters. The highest BCUT2D eigenvalue weighted by Crippen LogP contribution is 2.34. The largest absolute Gasteiger partial charge is 0.447 e. The highest BCUT2D eigenvalue weighted by atomic mass is 16.6. The molecule has 2 heterocycles. The summed E-state index contributed by atoms with van der Waals surface area (Å²) in [6, 6.07) is 5.66. The molecule has 1 amide bonds. The lowest BCUT2D eigenvalue weighted by Gasteiger charge is -2.31. The number of aromatic nitrogens is 1. The van der Waals surface area contributed by atoms with E-state index in [4.69, 9.17) is 9.47 Å². The van der Waals surface area contributed by atoms with Crippen molar-refractivity contribution in [3.8, 4) is 11.8 Å². The SMILES string of the molecule is CNc1cccc(C#C/C=C2\CCN(C(=O)OCCOC)C2(C)C)n1.